The van der Waals surface area contributed by atoms with Crippen LogP contribution in [-0.4, -0.2) is 37.8 Å². The van der Waals surface area contributed by atoms with Gasteiger partial charge in [0.05, 0.1) is 12.1 Å². The molecule has 27 heavy (non-hydrogen) atoms. The Hall–Kier alpha value is -2.74. The second-order valence-corrected chi connectivity index (χ2v) is 7.81. The van der Waals surface area contributed by atoms with E-state index < -0.39 is 11.2 Å². The fourth-order valence-electron chi connectivity index (χ4n) is 3.52. The van der Waals surface area contributed by atoms with Crippen molar-refractivity contribution in [1.29, 1.82) is 0 Å². The molecule has 1 fully saturated rings. The Kier molecular flexibility index (Phi) is 4.65. The lowest BCUT2D eigenvalue weighted by atomic mass is 10.0. The molecule has 0 aliphatic carbocycles. The zero-order chi connectivity index (χ0) is 19.0. The minimum absolute atomic E-state index is 0.143. The average molecular weight is 384 g/mol. The summed E-state index contributed by atoms with van der Waals surface area (Å²) >= 11 is 0.979. The van der Waals surface area contributed by atoms with E-state index in [2.05, 4.69) is 16.3 Å². The van der Waals surface area contributed by atoms with Gasteiger partial charge in [-0.2, -0.15) is 4.37 Å². The van der Waals surface area contributed by atoms with E-state index in [9.17, 15) is 14.4 Å². The number of aromatic amines is 1. The molecule has 4 rings (SSSR count). The van der Waals surface area contributed by atoms with Crippen molar-refractivity contribution in [2.75, 3.05) is 13.1 Å². The number of nitrogens with zero attached hydrogens (tertiary/aromatic N) is 3. The van der Waals surface area contributed by atoms with Crippen LogP contribution in [0.5, 0.6) is 0 Å². The standard InChI is InChI=1S/C19H20N4O3S/c1-12-6-5-9-22(10-12)18(25)16-14-15(21-27-16)17(24)23(19(26)20-14)11-13-7-3-2-4-8-13/h2-4,7-8,12H,5-6,9-11H2,1H3,(H,20,26). The molecule has 140 valence electrons. The van der Waals surface area contributed by atoms with Crippen molar-refractivity contribution in [3.63, 3.8) is 0 Å². The third kappa shape index (κ3) is 3.32. The number of aromatic nitrogens is 3. The Labute approximate surface area is 159 Å². The highest BCUT2D eigenvalue weighted by atomic mass is 32.1. The molecule has 1 aliphatic heterocycles. The number of benzene rings is 1. The lowest BCUT2D eigenvalue weighted by Gasteiger charge is -2.30. The summed E-state index contributed by atoms with van der Waals surface area (Å²) in [5.74, 6) is 0.286. The molecule has 1 aliphatic rings. The molecule has 1 N–H and O–H groups in total. The quantitative estimate of drug-likeness (QED) is 0.749. The number of carbonyl (C=O) groups excluding carboxylic acids is 1. The van der Waals surface area contributed by atoms with E-state index in [1.165, 1.54) is 0 Å². The van der Waals surface area contributed by atoms with E-state index in [0.717, 1.165) is 34.5 Å². The number of fused-ring (bicyclic) bond motifs is 1. The van der Waals surface area contributed by atoms with Crippen molar-refractivity contribution in [3.05, 3.63) is 61.6 Å². The first-order valence-corrected chi connectivity index (χ1v) is 9.77. The SMILES string of the molecule is CC1CCCN(C(=O)c2snc3c(=O)n(Cc4ccccc4)c(=O)[nH]c23)C1. The maximum absolute atomic E-state index is 12.9. The molecule has 0 saturated carbocycles. The molecule has 8 heteroatoms. The van der Waals surface area contributed by atoms with Crippen molar-refractivity contribution in [2.24, 2.45) is 5.92 Å². The molecule has 3 heterocycles. The number of amides is 1. The van der Waals surface area contributed by atoms with Crippen LogP contribution in [0, 0.1) is 5.92 Å². The molecule has 1 saturated heterocycles. The molecule has 0 spiro atoms. The van der Waals surface area contributed by atoms with Crippen LogP contribution in [0.15, 0.2) is 39.9 Å². The van der Waals surface area contributed by atoms with Crippen LogP contribution in [0.3, 0.4) is 0 Å². The molecular formula is C19H20N4O3S. The van der Waals surface area contributed by atoms with Gasteiger partial charge in [0.25, 0.3) is 11.5 Å². The number of rotatable bonds is 3. The third-order valence-corrected chi connectivity index (χ3v) is 5.77. The number of piperidine rings is 1. The first-order chi connectivity index (χ1) is 13.0. The molecule has 0 radical (unpaired) electrons. The van der Waals surface area contributed by atoms with E-state index in [4.69, 9.17) is 0 Å². The number of likely N-dealkylation sites (tertiary alicyclic amines) is 1. The van der Waals surface area contributed by atoms with Crippen LogP contribution in [0.4, 0.5) is 0 Å². The third-order valence-electron chi connectivity index (χ3n) is 4.94. The van der Waals surface area contributed by atoms with Crippen LogP contribution < -0.4 is 11.2 Å². The molecular weight excluding hydrogens is 364 g/mol. The van der Waals surface area contributed by atoms with E-state index in [-0.39, 0.29) is 23.5 Å². The predicted molar refractivity (Wildman–Crippen MR) is 104 cm³/mol. The van der Waals surface area contributed by atoms with Crippen LogP contribution in [0.25, 0.3) is 11.0 Å². The summed E-state index contributed by atoms with van der Waals surface area (Å²) in [7, 11) is 0. The smallest absolute Gasteiger partial charge is 0.329 e. The molecule has 1 aromatic carbocycles. The van der Waals surface area contributed by atoms with Gasteiger partial charge < -0.3 is 9.88 Å². The summed E-state index contributed by atoms with van der Waals surface area (Å²) in [5.41, 5.74) is 0.238. The molecule has 3 aromatic rings. The summed E-state index contributed by atoms with van der Waals surface area (Å²) < 4.78 is 5.31. The number of H-pyrrole nitrogens is 1. The van der Waals surface area contributed by atoms with Gasteiger partial charge in [-0.05, 0) is 35.9 Å². The van der Waals surface area contributed by atoms with E-state index in [1.807, 2.05) is 30.3 Å². The molecule has 1 amide bonds. The zero-order valence-corrected chi connectivity index (χ0v) is 15.8. The van der Waals surface area contributed by atoms with Crippen molar-refractivity contribution < 1.29 is 4.79 Å². The molecule has 7 nitrogen and oxygen atoms in total. The highest BCUT2D eigenvalue weighted by Gasteiger charge is 2.26. The molecule has 2 aromatic heterocycles. The van der Waals surface area contributed by atoms with E-state index >= 15 is 0 Å². The highest BCUT2D eigenvalue weighted by molar-refractivity contribution is 7.09. The number of carbonyl (C=O) groups is 1. The Morgan fingerprint density at radius 2 is 2.07 bits per heavy atom. The zero-order valence-electron chi connectivity index (χ0n) is 15.0. The maximum atomic E-state index is 12.9. The minimum atomic E-state index is -0.530. The van der Waals surface area contributed by atoms with Crippen LogP contribution in [0.2, 0.25) is 0 Å². The van der Waals surface area contributed by atoms with Gasteiger partial charge >= 0.3 is 5.69 Å². The number of hydrogen-bond acceptors (Lipinski definition) is 5. The van der Waals surface area contributed by atoms with Crippen molar-refractivity contribution >= 4 is 28.5 Å². The summed E-state index contributed by atoms with van der Waals surface area (Å²) in [6, 6.07) is 9.28. The van der Waals surface area contributed by atoms with Crippen molar-refractivity contribution in [2.45, 2.75) is 26.3 Å². The first kappa shape index (κ1) is 17.7. The lowest BCUT2D eigenvalue weighted by molar-refractivity contribution is 0.0689. The number of hydrogen-bond donors (Lipinski definition) is 1. The van der Waals surface area contributed by atoms with Crippen molar-refractivity contribution in [1.82, 2.24) is 18.8 Å². The summed E-state index contributed by atoms with van der Waals surface area (Å²) in [6.45, 7) is 3.66. The van der Waals surface area contributed by atoms with Gasteiger partial charge in [0.1, 0.15) is 4.88 Å². The Balaban J connectivity index is 1.73. The molecule has 1 unspecified atom stereocenters. The highest BCUT2D eigenvalue weighted by Crippen LogP contribution is 2.23. The van der Waals surface area contributed by atoms with E-state index in [0.29, 0.717) is 23.9 Å². The van der Waals surface area contributed by atoms with Crippen LogP contribution >= 0.6 is 11.5 Å². The monoisotopic (exact) mass is 384 g/mol. The normalized spacial score (nSPS) is 17.4. The Bertz CT molecular complexity index is 1100. The largest absolute Gasteiger partial charge is 0.338 e. The fourth-order valence-corrected chi connectivity index (χ4v) is 4.32. The lowest BCUT2D eigenvalue weighted by Crippen LogP contribution is -2.39. The topological polar surface area (TPSA) is 88.1 Å². The summed E-state index contributed by atoms with van der Waals surface area (Å²) in [4.78, 5) is 43.0. The van der Waals surface area contributed by atoms with Crippen LogP contribution in [0.1, 0.15) is 35.0 Å². The fraction of sp³-hybridized carbons (Fsp3) is 0.368. The maximum Gasteiger partial charge on any atom is 0.329 e. The van der Waals surface area contributed by atoms with Gasteiger partial charge in [-0.3, -0.25) is 14.2 Å². The van der Waals surface area contributed by atoms with Gasteiger partial charge in [0.2, 0.25) is 0 Å². The number of nitrogens with one attached hydrogen (secondary N) is 1. The Morgan fingerprint density at radius 3 is 2.81 bits per heavy atom. The van der Waals surface area contributed by atoms with Gasteiger partial charge in [-0.25, -0.2) is 4.79 Å². The van der Waals surface area contributed by atoms with E-state index in [1.54, 1.807) is 4.90 Å². The van der Waals surface area contributed by atoms with Gasteiger partial charge in [0, 0.05) is 13.1 Å². The van der Waals surface area contributed by atoms with Crippen molar-refractivity contribution in [3.8, 4) is 0 Å². The van der Waals surface area contributed by atoms with Gasteiger partial charge in [-0.1, -0.05) is 37.3 Å². The average Bonchev–Trinajstić information content (AvgIpc) is 3.09. The second-order valence-electron chi connectivity index (χ2n) is 7.04. The predicted octanol–water partition coefficient (Wildman–Crippen LogP) is 2.07. The second kappa shape index (κ2) is 7.11. The first-order valence-electron chi connectivity index (χ1n) is 9.00. The molecule has 0 bridgehead atoms. The molecule has 1 atom stereocenters. The van der Waals surface area contributed by atoms with Gasteiger partial charge in [0.15, 0.2) is 5.52 Å². The minimum Gasteiger partial charge on any atom is -0.338 e. The van der Waals surface area contributed by atoms with Crippen LogP contribution in [-0.2, 0) is 6.54 Å². The Morgan fingerprint density at radius 1 is 1.30 bits per heavy atom. The summed E-state index contributed by atoms with van der Waals surface area (Å²) in [6.07, 6.45) is 2.07. The summed E-state index contributed by atoms with van der Waals surface area (Å²) in [5, 5.41) is 0. The van der Waals surface area contributed by atoms with Gasteiger partial charge in [-0.15, -0.1) is 0 Å².